The lowest BCUT2D eigenvalue weighted by atomic mass is 10.1. The SMILES string of the molecule is CCc1c(C)nn(-c2ncccc2C(N)=S)c1C. The number of aryl methyl sites for hydroxylation is 1. The van der Waals surface area contributed by atoms with E-state index < -0.39 is 0 Å². The van der Waals surface area contributed by atoms with Gasteiger partial charge >= 0.3 is 0 Å². The van der Waals surface area contributed by atoms with Crippen LogP contribution < -0.4 is 5.73 Å². The number of hydrogen-bond donors (Lipinski definition) is 1. The molecule has 0 radical (unpaired) electrons. The molecule has 0 aliphatic carbocycles. The highest BCUT2D eigenvalue weighted by atomic mass is 32.1. The zero-order valence-electron chi connectivity index (χ0n) is 10.8. The molecule has 18 heavy (non-hydrogen) atoms. The van der Waals surface area contributed by atoms with Crippen LogP contribution in [-0.4, -0.2) is 19.8 Å². The van der Waals surface area contributed by atoms with Gasteiger partial charge in [0.1, 0.15) is 4.99 Å². The van der Waals surface area contributed by atoms with E-state index in [2.05, 4.69) is 17.0 Å². The van der Waals surface area contributed by atoms with E-state index >= 15 is 0 Å². The second kappa shape index (κ2) is 4.86. The van der Waals surface area contributed by atoms with Crippen molar-refractivity contribution >= 4 is 17.2 Å². The van der Waals surface area contributed by atoms with Crippen LogP contribution >= 0.6 is 12.2 Å². The fourth-order valence-corrected chi connectivity index (χ4v) is 2.31. The predicted octanol–water partition coefficient (Wildman–Crippen LogP) is 2.08. The van der Waals surface area contributed by atoms with Gasteiger partial charge in [0, 0.05) is 11.9 Å². The van der Waals surface area contributed by atoms with Crippen molar-refractivity contribution in [3.63, 3.8) is 0 Å². The number of pyridine rings is 1. The molecule has 2 aromatic heterocycles. The Hall–Kier alpha value is -1.75. The molecule has 0 spiro atoms. The fraction of sp³-hybridized carbons (Fsp3) is 0.308. The Bertz CT molecular complexity index is 601. The van der Waals surface area contributed by atoms with Gasteiger partial charge in [0.25, 0.3) is 0 Å². The van der Waals surface area contributed by atoms with Crippen LogP contribution in [0.15, 0.2) is 18.3 Å². The van der Waals surface area contributed by atoms with Crippen LogP contribution in [0.25, 0.3) is 5.82 Å². The third-order valence-electron chi connectivity index (χ3n) is 3.05. The molecular formula is C13H16N4S. The highest BCUT2D eigenvalue weighted by Gasteiger charge is 2.15. The van der Waals surface area contributed by atoms with E-state index in [1.54, 1.807) is 6.20 Å². The minimum atomic E-state index is 0.337. The summed E-state index contributed by atoms with van der Waals surface area (Å²) in [7, 11) is 0. The molecule has 2 N–H and O–H groups in total. The zero-order chi connectivity index (χ0) is 13.3. The van der Waals surface area contributed by atoms with Crippen LogP contribution in [-0.2, 0) is 6.42 Å². The standard InChI is InChI=1S/C13H16N4S/c1-4-10-8(2)16-17(9(10)3)13-11(12(14)18)6-5-7-15-13/h5-7H,4H2,1-3H3,(H2,14,18). The van der Waals surface area contributed by atoms with Crippen LogP contribution in [0.3, 0.4) is 0 Å². The maximum atomic E-state index is 5.73. The van der Waals surface area contributed by atoms with Crippen molar-refractivity contribution in [2.75, 3.05) is 0 Å². The van der Waals surface area contributed by atoms with Gasteiger partial charge in [0.05, 0.1) is 11.3 Å². The molecule has 0 fully saturated rings. The zero-order valence-corrected chi connectivity index (χ0v) is 11.6. The van der Waals surface area contributed by atoms with E-state index in [0.29, 0.717) is 10.8 Å². The second-order valence-corrected chi connectivity index (χ2v) is 4.59. The third kappa shape index (κ3) is 2.01. The number of hydrogen-bond acceptors (Lipinski definition) is 3. The van der Waals surface area contributed by atoms with E-state index in [1.807, 2.05) is 30.7 Å². The number of rotatable bonds is 3. The Morgan fingerprint density at radius 2 is 2.17 bits per heavy atom. The van der Waals surface area contributed by atoms with Crippen molar-refractivity contribution < 1.29 is 0 Å². The van der Waals surface area contributed by atoms with Crippen LogP contribution in [0.4, 0.5) is 0 Å². The van der Waals surface area contributed by atoms with Gasteiger partial charge < -0.3 is 5.73 Å². The minimum Gasteiger partial charge on any atom is -0.389 e. The monoisotopic (exact) mass is 260 g/mol. The average Bonchev–Trinajstić information content (AvgIpc) is 2.64. The summed E-state index contributed by atoms with van der Waals surface area (Å²) < 4.78 is 1.82. The van der Waals surface area contributed by atoms with Gasteiger partial charge in [-0.3, -0.25) is 0 Å². The van der Waals surface area contributed by atoms with Crippen molar-refractivity contribution in [3.8, 4) is 5.82 Å². The summed E-state index contributed by atoms with van der Waals surface area (Å²) in [5.41, 5.74) is 9.84. The lowest BCUT2D eigenvalue weighted by Crippen LogP contribution is -2.15. The molecule has 2 aromatic rings. The predicted molar refractivity (Wildman–Crippen MR) is 76.1 cm³/mol. The Labute approximate surface area is 112 Å². The van der Waals surface area contributed by atoms with E-state index in [1.165, 1.54) is 5.56 Å². The van der Waals surface area contributed by atoms with Gasteiger partial charge in [-0.2, -0.15) is 5.10 Å². The van der Waals surface area contributed by atoms with E-state index in [0.717, 1.165) is 23.4 Å². The van der Waals surface area contributed by atoms with Crippen molar-refractivity contribution in [1.29, 1.82) is 0 Å². The average molecular weight is 260 g/mol. The van der Waals surface area contributed by atoms with Gasteiger partial charge in [-0.05, 0) is 38.0 Å². The first kappa shape index (κ1) is 12.7. The number of aromatic nitrogens is 3. The number of nitrogens with zero attached hydrogens (tertiary/aromatic N) is 3. The first-order chi connectivity index (χ1) is 8.56. The Kier molecular flexibility index (Phi) is 3.43. The largest absolute Gasteiger partial charge is 0.389 e. The van der Waals surface area contributed by atoms with Crippen LogP contribution in [0.1, 0.15) is 29.4 Å². The Morgan fingerprint density at radius 1 is 1.44 bits per heavy atom. The first-order valence-corrected chi connectivity index (χ1v) is 6.27. The summed E-state index contributed by atoms with van der Waals surface area (Å²) in [5, 5.41) is 4.53. The molecule has 0 aliphatic heterocycles. The number of thiocarbonyl (C=S) groups is 1. The molecule has 0 aromatic carbocycles. The molecule has 0 amide bonds. The number of nitrogens with two attached hydrogens (primary N) is 1. The normalized spacial score (nSPS) is 10.6. The molecule has 0 saturated heterocycles. The van der Waals surface area contributed by atoms with Crippen molar-refractivity contribution in [2.45, 2.75) is 27.2 Å². The summed E-state index contributed by atoms with van der Waals surface area (Å²) >= 11 is 5.06. The molecule has 4 nitrogen and oxygen atoms in total. The lowest BCUT2D eigenvalue weighted by molar-refractivity contribution is 0.803. The summed E-state index contributed by atoms with van der Waals surface area (Å²) in [4.78, 5) is 4.69. The fourth-order valence-electron chi connectivity index (χ4n) is 2.15. The molecule has 2 rings (SSSR count). The maximum absolute atomic E-state index is 5.73. The highest BCUT2D eigenvalue weighted by molar-refractivity contribution is 7.80. The molecule has 0 saturated carbocycles. The summed E-state index contributed by atoms with van der Waals surface area (Å²) in [6, 6.07) is 3.69. The van der Waals surface area contributed by atoms with Gasteiger partial charge in [-0.1, -0.05) is 19.1 Å². The molecule has 5 heteroatoms. The van der Waals surface area contributed by atoms with Crippen molar-refractivity contribution in [2.24, 2.45) is 5.73 Å². The summed E-state index contributed by atoms with van der Waals surface area (Å²) in [6.07, 6.45) is 2.67. The van der Waals surface area contributed by atoms with E-state index in [9.17, 15) is 0 Å². The van der Waals surface area contributed by atoms with Crippen molar-refractivity contribution in [3.05, 3.63) is 40.8 Å². The molecule has 2 heterocycles. The first-order valence-electron chi connectivity index (χ1n) is 5.86. The quantitative estimate of drug-likeness (QED) is 0.858. The molecule has 94 valence electrons. The topological polar surface area (TPSA) is 56.7 Å². The molecule has 0 atom stereocenters. The summed E-state index contributed by atoms with van der Waals surface area (Å²) in [5.74, 6) is 0.699. The summed E-state index contributed by atoms with van der Waals surface area (Å²) in [6.45, 7) is 6.16. The Balaban J connectivity index is 2.66. The van der Waals surface area contributed by atoms with Crippen LogP contribution in [0.2, 0.25) is 0 Å². The van der Waals surface area contributed by atoms with Gasteiger partial charge in [0.15, 0.2) is 5.82 Å². The molecule has 0 aliphatic rings. The Morgan fingerprint density at radius 3 is 2.72 bits per heavy atom. The van der Waals surface area contributed by atoms with Gasteiger partial charge in [-0.15, -0.1) is 0 Å². The van der Waals surface area contributed by atoms with E-state index in [4.69, 9.17) is 18.0 Å². The smallest absolute Gasteiger partial charge is 0.163 e. The molecular weight excluding hydrogens is 244 g/mol. The third-order valence-corrected chi connectivity index (χ3v) is 3.27. The van der Waals surface area contributed by atoms with Gasteiger partial charge in [-0.25, -0.2) is 9.67 Å². The molecule has 0 unspecified atom stereocenters. The van der Waals surface area contributed by atoms with E-state index in [-0.39, 0.29) is 0 Å². The maximum Gasteiger partial charge on any atom is 0.163 e. The molecule has 0 bridgehead atoms. The van der Waals surface area contributed by atoms with Crippen LogP contribution in [0.5, 0.6) is 0 Å². The van der Waals surface area contributed by atoms with Crippen molar-refractivity contribution in [1.82, 2.24) is 14.8 Å². The highest BCUT2D eigenvalue weighted by Crippen LogP contribution is 2.19. The van der Waals surface area contributed by atoms with Gasteiger partial charge in [0.2, 0.25) is 0 Å². The lowest BCUT2D eigenvalue weighted by Gasteiger charge is -2.08. The minimum absolute atomic E-state index is 0.337. The van der Waals surface area contributed by atoms with Crippen LogP contribution in [0, 0.1) is 13.8 Å². The second-order valence-electron chi connectivity index (χ2n) is 4.15.